The van der Waals surface area contributed by atoms with Gasteiger partial charge in [0, 0.05) is 19.7 Å². The lowest BCUT2D eigenvalue weighted by molar-refractivity contribution is -0.128. The van der Waals surface area contributed by atoms with Crippen molar-refractivity contribution in [2.24, 2.45) is 11.1 Å². The molecule has 1 fully saturated rings. The first kappa shape index (κ1) is 15.4. The zero-order valence-electron chi connectivity index (χ0n) is 11.8. The first-order valence-corrected chi connectivity index (χ1v) is 7.16. The van der Waals surface area contributed by atoms with Crippen molar-refractivity contribution >= 4 is 5.91 Å². The molecule has 1 amide bonds. The number of carbonyl (C=O) groups excluding carboxylic acids is 1. The summed E-state index contributed by atoms with van der Waals surface area (Å²) in [7, 11) is 0. The Kier molecular flexibility index (Phi) is 6.65. The monoisotopic (exact) mass is 256 g/mol. The molecular formula is C14H28N2O2. The Bertz CT molecular complexity index is 248. The summed E-state index contributed by atoms with van der Waals surface area (Å²) in [5, 5.41) is 2.91. The molecule has 0 aromatic heterocycles. The van der Waals surface area contributed by atoms with Crippen molar-refractivity contribution in [2.75, 3.05) is 19.7 Å². The third kappa shape index (κ3) is 5.36. The number of hydrogen-bond donors (Lipinski definition) is 2. The molecule has 0 aromatic rings. The second kappa shape index (κ2) is 7.74. The van der Waals surface area contributed by atoms with Crippen molar-refractivity contribution in [1.29, 1.82) is 0 Å². The van der Waals surface area contributed by atoms with Gasteiger partial charge in [0.25, 0.3) is 0 Å². The van der Waals surface area contributed by atoms with Gasteiger partial charge in [0.15, 0.2) is 0 Å². The van der Waals surface area contributed by atoms with Gasteiger partial charge in [-0.15, -0.1) is 0 Å². The molecule has 4 heteroatoms. The zero-order valence-corrected chi connectivity index (χ0v) is 11.8. The summed E-state index contributed by atoms with van der Waals surface area (Å²) in [6.07, 6.45) is 7.68. The van der Waals surface area contributed by atoms with Gasteiger partial charge in [-0.2, -0.15) is 0 Å². The first-order chi connectivity index (χ1) is 8.56. The Morgan fingerprint density at radius 3 is 2.61 bits per heavy atom. The number of carbonyl (C=O) groups is 1. The van der Waals surface area contributed by atoms with Crippen LogP contribution in [0, 0.1) is 5.41 Å². The molecular weight excluding hydrogens is 228 g/mol. The molecule has 0 aliphatic heterocycles. The van der Waals surface area contributed by atoms with E-state index < -0.39 is 5.41 Å². The van der Waals surface area contributed by atoms with Crippen molar-refractivity contribution < 1.29 is 9.53 Å². The van der Waals surface area contributed by atoms with Gasteiger partial charge in [0.1, 0.15) is 0 Å². The third-order valence-electron chi connectivity index (χ3n) is 3.64. The van der Waals surface area contributed by atoms with Crippen LogP contribution in [0.4, 0.5) is 0 Å². The molecule has 4 nitrogen and oxygen atoms in total. The van der Waals surface area contributed by atoms with E-state index in [4.69, 9.17) is 10.5 Å². The molecule has 0 radical (unpaired) electrons. The van der Waals surface area contributed by atoms with Crippen LogP contribution >= 0.6 is 0 Å². The first-order valence-electron chi connectivity index (χ1n) is 7.16. The third-order valence-corrected chi connectivity index (χ3v) is 3.64. The fraction of sp³-hybridized carbons (Fsp3) is 0.929. The van der Waals surface area contributed by atoms with Gasteiger partial charge in [-0.05, 0) is 33.1 Å². The molecule has 0 atom stereocenters. The molecule has 3 N–H and O–H groups in total. The smallest absolute Gasteiger partial charge is 0.226 e. The summed E-state index contributed by atoms with van der Waals surface area (Å²) in [5.41, 5.74) is 5.08. The Morgan fingerprint density at radius 1 is 1.33 bits per heavy atom. The largest absolute Gasteiger partial charge is 0.378 e. The van der Waals surface area contributed by atoms with Gasteiger partial charge in [-0.3, -0.25) is 4.79 Å². The molecule has 1 saturated carbocycles. The minimum absolute atomic E-state index is 0.0302. The number of nitrogens with two attached hydrogens (primary N) is 1. The standard InChI is InChI=1S/C14H28N2O2/c1-14(2,11-15)13(17)16-9-6-10-18-12-7-4-3-5-8-12/h12H,3-11,15H2,1-2H3,(H,16,17). The van der Waals surface area contributed by atoms with Crippen LogP contribution in [0.1, 0.15) is 52.4 Å². The van der Waals surface area contributed by atoms with Gasteiger partial charge in [-0.1, -0.05) is 19.3 Å². The van der Waals surface area contributed by atoms with Crippen molar-refractivity contribution in [2.45, 2.75) is 58.5 Å². The predicted molar refractivity (Wildman–Crippen MR) is 73.3 cm³/mol. The lowest BCUT2D eigenvalue weighted by Crippen LogP contribution is -2.42. The number of hydrogen-bond acceptors (Lipinski definition) is 3. The average molecular weight is 256 g/mol. The number of nitrogens with one attached hydrogen (secondary N) is 1. The van der Waals surface area contributed by atoms with Crippen LogP contribution < -0.4 is 11.1 Å². The minimum atomic E-state index is -0.468. The van der Waals surface area contributed by atoms with E-state index in [-0.39, 0.29) is 5.91 Å². The predicted octanol–water partition coefficient (Wildman–Crippen LogP) is 1.83. The van der Waals surface area contributed by atoms with E-state index >= 15 is 0 Å². The summed E-state index contributed by atoms with van der Waals surface area (Å²) in [5.74, 6) is 0.0302. The van der Waals surface area contributed by atoms with Crippen LogP contribution in [-0.2, 0) is 9.53 Å². The molecule has 0 bridgehead atoms. The summed E-state index contributed by atoms with van der Waals surface area (Å²) < 4.78 is 5.80. The highest BCUT2D eigenvalue weighted by atomic mass is 16.5. The van der Waals surface area contributed by atoms with Crippen LogP contribution in [0.25, 0.3) is 0 Å². The molecule has 0 saturated heterocycles. The maximum atomic E-state index is 11.7. The molecule has 0 aromatic carbocycles. The fourth-order valence-corrected chi connectivity index (χ4v) is 2.09. The van der Waals surface area contributed by atoms with Gasteiger partial charge in [0.05, 0.1) is 11.5 Å². The van der Waals surface area contributed by atoms with E-state index in [9.17, 15) is 4.79 Å². The lowest BCUT2D eigenvalue weighted by Gasteiger charge is -2.23. The minimum Gasteiger partial charge on any atom is -0.378 e. The SMILES string of the molecule is CC(C)(CN)C(=O)NCCCOC1CCCCC1. The van der Waals surface area contributed by atoms with Gasteiger partial charge >= 0.3 is 0 Å². The Hall–Kier alpha value is -0.610. The van der Waals surface area contributed by atoms with Gasteiger partial charge in [-0.25, -0.2) is 0 Å². The highest BCUT2D eigenvalue weighted by Crippen LogP contribution is 2.20. The number of ether oxygens (including phenoxy) is 1. The Morgan fingerprint density at radius 2 is 2.00 bits per heavy atom. The Labute approximate surface area is 111 Å². The van der Waals surface area contributed by atoms with Crippen molar-refractivity contribution in [1.82, 2.24) is 5.32 Å². The second-order valence-electron chi connectivity index (χ2n) is 5.83. The van der Waals surface area contributed by atoms with Gasteiger partial charge < -0.3 is 15.8 Å². The highest BCUT2D eigenvalue weighted by Gasteiger charge is 2.24. The molecule has 106 valence electrons. The summed E-state index contributed by atoms with van der Waals surface area (Å²) in [4.78, 5) is 11.7. The highest BCUT2D eigenvalue weighted by molar-refractivity contribution is 5.81. The van der Waals surface area contributed by atoms with Crippen LogP contribution in [0.15, 0.2) is 0 Å². The molecule has 1 aliphatic carbocycles. The van der Waals surface area contributed by atoms with E-state index in [0.717, 1.165) is 13.0 Å². The fourth-order valence-electron chi connectivity index (χ4n) is 2.09. The maximum absolute atomic E-state index is 11.7. The quantitative estimate of drug-likeness (QED) is 0.683. The topological polar surface area (TPSA) is 64.4 Å². The van der Waals surface area contributed by atoms with E-state index in [1.165, 1.54) is 32.1 Å². The van der Waals surface area contributed by atoms with Gasteiger partial charge in [0.2, 0.25) is 5.91 Å². The summed E-state index contributed by atoms with van der Waals surface area (Å²) in [6, 6.07) is 0. The van der Waals surface area contributed by atoms with E-state index in [1.807, 2.05) is 13.8 Å². The van der Waals surface area contributed by atoms with Crippen molar-refractivity contribution in [3.63, 3.8) is 0 Å². The van der Waals surface area contributed by atoms with Crippen molar-refractivity contribution in [3.8, 4) is 0 Å². The second-order valence-corrected chi connectivity index (χ2v) is 5.83. The molecule has 18 heavy (non-hydrogen) atoms. The van der Waals surface area contributed by atoms with Crippen LogP contribution in [0.2, 0.25) is 0 Å². The molecule has 1 aliphatic rings. The maximum Gasteiger partial charge on any atom is 0.226 e. The van der Waals surface area contributed by atoms with Crippen LogP contribution in [0.3, 0.4) is 0 Å². The van der Waals surface area contributed by atoms with E-state index in [0.29, 0.717) is 19.2 Å². The normalized spacial score (nSPS) is 17.7. The summed E-state index contributed by atoms with van der Waals surface area (Å²) in [6.45, 7) is 5.52. The Balaban J connectivity index is 2.03. The van der Waals surface area contributed by atoms with E-state index in [2.05, 4.69) is 5.32 Å². The van der Waals surface area contributed by atoms with Crippen LogP contribution in [-0.4, -0.2) is 31.7 Å². The molecule has 0 unspecified atom stereocenters. The number of amides is 1. The average Bonchev–Trinajstić information content (AvgIpc) is 2.39. The van der Waals surface area contributed by atoms with E-state index in [1.54, 1.807) is 0 Å². The lowest BCUT2D eigenvalue weighted by atomic mass is 9.93. The van der Waals surface area contributed by atoms with Crippen LogP contribution in [0.5, 0.6) is 0 Å². The molecule has 1 rings (SSSR count). The molecule has 0 spiro atoms. The molecule has 0 heterocycles. The zero-order chi connectivity index (χ0) is 13.4. The number of rotatable bonds is 7. The summed E-state index contributed by atoms with van der Waals surface area (Å²) >= 11 is 0. The van der Waals surface area contributed by atoms with Crippen molar-refractivity contribution in [3.05, 3.63) is 0 Å².